The highest BCUT2D eigenvalue weighted by Crippen LogP contribution is 2.57. The number of carbonyl (C=O) groups is 1. The van der Waals surface area contributed by atoms with E-state index in [1.807, 2.05) is 0 Å². The van der Waals surface area contributed by atoms with Gasteiger partial charge in [-0.3, -0.25) is 9.53 Å². The summed E-state index contributed by atoms with van der Waals surface area (Å²) in [5.41, 5.74) is 0. The Balaban J connectivity index is 6.43. The zero-order valence-corrected chi connectivity index (χ0v) is 10.4. The molecule has 0 rings (SSSR count). The van der Waals surface area contributed by atoms with Crippen molar-refractivity contribution >= 4 is 17.6 Å². The predicted molar refractivity (Wildman–Crippen MR) is 42.7 cm³/mol. The van der Waals surface area contributed by atoms with Crippen LogP contribution in [0.1, 0.15) is 0 Å². The molecule has 0 aromatic heterocycles. The fourth-order valence-corrected chi connectivity index (χ4v) is 1.01. The number of carbonyl (C=O) groups excluding carboxylic acids is 1. The van der Waals surface area contributed by atoms with Crippen molar-refractivity contribution in [1.29, 1.82) is 0 Å². The molecule has 2 unspecified atom stereocenters. The van der Waals surface area contributed by atoms with Gasteiger partial charge in [-0.25, -0.2) is 0 Å². The monoisotopic (exact) mass is 398 g/mol. The van der Waals surface area contributed by atoms with Gasteiger partial charge in [0.25, 0.3) is 0 Å². The lowest BCUT2D eigenvalue weighted by Crippen LogP contribution is -2.68. The van der Waals surface area contributed by atoms with Crippen molar-refractivity contribution in [3.05, 3.63) is 0 Å². The van der Waals surface area contributed by atoms with E-state index in [1.54, 1.807) is 4.74 Å². The van der Waals surface area contributed by atoms with Crippen LogP contribution in [-0.2, 0) is 9.53 Å². The summed E-state index contributed by atoms with van der Waals surface area (Å²) in [6, 6.07) is -4.56. The Bertz CT molecular complexity index is 464. The smallest absolute Gasteiger partial charge is 0.280 e. The van der Waals surface area contributed by atoms with Gasteiger partial charge in [-0.15, -0.1) is 0 Å². The van der Waals surface area contributed by atoms with Crippen molar-refractivity contribution in [2.45, 2.75) is 35.4 Å². The van der Waals surface area contributed by atoms with Crippen LogP contribution in [-0.4, -0.2) is 41.4 Å². The molecule has 0 saturated carbocycles. The second-order valence-corrected chi connectivity index (χ2v) is 4.11. The molecule has 0 aliphatic rings. The molecule has 23 heavy (non-hydrogen) atoms. The third-order valence-electron chi connectivity index (χ3n) is 2.02. The van der Waals surface area contributed by atoms with Crippen LogP contribution in [0.5, 0.6) is 0 Å². The van der Waals surface area contributed by atoms with Crippen LogP contribution in [0.3, 0.4) is 0 Å². The summed E-state index contributed by atoms with van der Waals surface area (Å²) < 4.78 is 162. The zero-order chi connectivity index (χ0) is 19.3. The Labute approximate surface area is 121 Å². The van der Waals surface area contributed by atoms with Crippen LogP contribution in [0.2, 0.25) is 0 Å². The van der Waals surface area contributed by atoms with Crippen molar-refractivity contribution < 1.29 is 66.6 Å². The predicted octanol–water partition coefficient (Wildman–Crippen LogP) is 4.42. The van der Waals surface area contributed by atoms with Crippen molar-refractivity contribution in [3.8, 4) is 0 Å². The van der Waals surface area contributed by atoms with Gasteiger partial charge in [-0.2, -0.15) is 57.1 Å². The summed E-state index contributed by atoms with van der Waals surface area (Å²) in [5.74, 6) is -21.9. The molecule has 0 N–H and O–H groups in total. The van der Waals surface area contributed by atoms with Crippen molar-refractivity contribution in [2.75, 3.05) is 0 Å². The van der Waals surface area contributed by atoms with Crippen molar-refractivity contribution in [2.24, 2.45) is 0 Å². The third kappa shape index (κ3) is 3.44. The van der Waals surface area contributed by atoms with E-state index in [4.69, 9.17) is 0 Å². The molecule has 0 aliphatic carbocycles. The van der Waals surface area contributed by atoms with E-state index in [9.17, 15) is 61.9 Å². The minimum Gasteiger partial charge on any atom is -0.280 e. The summed E-state index contributed by atoms with van der Waals surface area (Å²) in [6.07, 6.45) is -14.7. The SMILES string of the molecule is O=C(F)C(F)(OC(F)(C(F)(F)F)C(F)(F)C(F)(F)Cl)C(F)(F)F. The first-order valence-electron chi connectivity index (χ1n) is 4.51. The number of rotatable bonds is 5. The van der Waals surface area contributed by atoms with Crippen LogP contribution in [0.4, 0.5) is 57.1 Å². The highest BCUT2D eigenvalue weighted by atomic mass is 35.5. The molecule has 0 heterocycles. The molecule has 0 spiro atoms. The van der Waals surface area contributed by atoms with Crippen LogP contribution >= 0.6 is 11.6 Å². The van der Waals surface area contributed by atoms with Gasteiger partial charge < -0.3 is 0 Å². The molecule has 0 aromatic carbocycles. The van der Waals surface area contributed by atoms with Gasteiger partial charge in [0.2, 0.25) is 0 Å². The average Bonchev–Trinajstić information content (AvgIpc) is 2.23. The van der Waals surface area contributed by atoms with E-state index in [1.165, 1.54) is 0 Å². The summed E-state index contributed by atoms with van der Waals surface area (Å²) in [5, 5.41) is -6.58. The maximum Gasteiger partial charge on any atom is 0.459 e. The molecule has 0 aromatic rings. The van der Waals surface area contributed by atoms with Crippen LogP contribution in [0, 0.1) is 0 Å². The van der Waals surface area contributed by atoms with Gasteiger partial charge in [0.05, 0.1) is 0 Å². The van der Waals surface area contributed by atoms with E-state index in [-0.39, 0.29) is 0 Å². The first kappa shape index (κ1) is 22.0. The molecule has 2 atom stereocenters. The molecule has 0 fully saturated rings. The lowest BCUT2D eigenvalue weighted by atomic mass is 10.1. The van der Waals surface area contributed by atoms with E-state index in [0.29, 0.717) is 0 Å². The second kappa shape index (κ2) is 5.53. The Hall–Kier alpha value is -0.990. The first-order valence-corrected chi connectivity index (χ1v) is 4.89. The number of ether oxygens (including phenoxy) is 1. The minimum absolute atomic E-state index is 1.58. The van der Waals surface area contributed by atoms with E-state index < -0.39 is 41.4 Å². The molecule has 2 nitrogen and oxygen atoms in total. The van der Waals surface area contributed by atoms with E-state index in [0.717, 1.165) is 0 Å². The van der Waals surface area contributed by atoms with Crippen LogP contribution in [0.25, 0.3) is 0 Å². The van der Waals surface area contributed by atoms with Gasteiger partial charge >= 0.3 is 41.4 Å². The van der Waals surface area contributed by atoms with Gasteiger partial charge in [-0.05, 0) is 11.6 Å². The molecular weight excluding hydrogens is 399 g/mol. The molecular formula is C7ClF13O2. The number of alkyl halides is 13. The molecule has 0 radical (unpaired) electrons. The average molecular weight is 399 g/mol. The molecule has 0 saturated heterocycles. The quantitative estimate of drug-likeness (QED) is 0.389. The van der Waals surface area contributed by atoms with Crippen LogP contribution < -0.4 is 0 Å². The highest BCUT2D eigenvalue weighted by molar-refractivity contribution is 6.22. The Morgan fingerprint density at radius 3 is 1.26 bits per heavy atom. The van der Waals surface area contributed by atoms with Gasteiger partial charge in [0.1, 0.15) is 0 Å². The molecule has 0 bridgehead atoms. The standard InChI is InChI=1S/C7ClF13O2/c8-5(14,15)3(11,12)4(13,7(19,20)21)23-2(10,1(9)22)6(16,17)18. The van der Waals surface area contributed by atoms with Crippen molar-refractivity contribution in [3.63, 3.8) is 0 Å². The Kier molecular flexibility index (Phi) is 5.29. The summed E-state index contributed by atoms with van der Waals surface area (Å²) >= 11 is 3.45. The van der Waals surface area contributed by atoms with E-state index >= 15 is 0 Å². The van der Waals surface area contributed by atoms with Crippen LogP contribution in [0.15, 0.2) is 0 Å². The van der Waals surface area contributed by atoms with Gasteiger partial charge in [0, 0.05) is 0 Å². The summed E-state index contributed by atoms with van der Waals surface area (Å²) in [7, 11) is 0. The Morgan fingerprint density at radius 1 is 0.739 bits per heavy atom. The number of hydrogen-bond donors (Lipinski definition) is 0. The van der Waals surface area contributed by atoms with Crippen molar-refractivity contribution in [1.82, 2.24) is 0 Å². The maximum absolute atomic E-state index is 13.2. The minimum atomic E-state index is -7.53. The number of hydrogen-bond acceptors (Lipinski definition) is 2. The summed E-state index contributed by atoms with van der Waals surface area (Å²) in [4.78, 5) is 9.81. The maximum atomic E-state index is 13.2. The fourth-order valence-electron chi connectivity index (χ4n) is 0.885. The highest BCUT2D eigenvalue weighted by Gasteiger charge is 2.85. The fraction of sp³-hybridized carbons (Fsp3) is 0.857. The largest absolute Gasteiger partial charge is 0.459 e. The Morgan fingerprint density at radius 2 is 1.09 bits per heavy atom. The van der Waals surface area contributed by atoms with Gasteiger partial charge in [-0.1, -0.05) is 0 Å². The molecule has 16 heteroatoms. The summed E-state index contributed by atoms with van der Waals surface area (Å²) in [6.45, 7) is 0. The normalized spacial score (nSPS) is 19.9. The lowest BCUT2D eigenvalue weighted by Gasteiger charge is -2.39. The zero-order valence-electron chi connectivity index (χ0n) is 9.61. The number of halogens is 14. The third-order valence-corrected chi connectivity index (χ3v) is 2.26. The second-order valence-electron chi connectivity index (χ2n) is 3.63. The van der Waals surface area contributed by atoms with E-state index in [2.05, 4.69) is 11.6 Å². The molecule has 138 valence electrons. The first-order chi connectivity index (χ1) is 9.65. The topological polar surface area (TPSA) is 26.3 Å². The van der Waals surface area contributed by atoms with Gasteiger partial charge in [0.15, 0.2) is 0 Å². The lowest BCUT2D eigenvalue weighted by molar-refractivity contribution is -0.474. The molecule has 0 aliphatic heterocycles. The molecule has 0 amide bonds.